The minimum absolute atomic E-state index is 0. The zero-order valence-electron chi connectivity index (χ0n) is 13.5. The maximum atomic E-state index is 12.4. The van der Waals surface area contributed by atoms with Crippen molar-refractivity contribution in [2.24, 2.45) is 0 Å². The zero-order valence-corrected chi connectivity index (χ0v) is 14.3. The summed E-state index contributed by atoms with van der Waals surface area (Å²) in [6, 6.07) is 6.51. The minimum Gasteiger partial charge on any atom is -0.321 e. The number of piperidine rings is 1. The van der Waals surface area contributed by atoms with E-state index < -0.39 is 0 Å². The van der Waals surface area contributed by atoms with Crippen LogP contribution in [0.1, 0.15) is 46.9 Å². The van der Waals surface area contributed by atoms with Crippen LogP contribution < -0.4 is 10.6 Å². The molecule has 2 aromatic rings. The maximum absolute atomic E-state index is 12.4. The van der Waals surface area contributed by atoms with E-state index in [1.165, 1.54) is 17.5 Å². The number of nitrogens with zero attached hydrogens (tertiary/aromatic N) is 3. The number of amides is 1. The van der Waals surface area contributed by atoms with Crippen molar-refractivity contribution in [3.05, 3.63) is 41.2 Å². The fourth-order valence-electron chi connectivity index (χ4n) is 3.48. The number of aryl methyl sites for hydroxylation is 2. The van der Waals surface area contributed by atoms with Gasteiger partial charge in [0.1, 0.15) is 0 Å². The number of carbonyl (C=O) groups excluding carboxylic acids is 1. The first-order valence-corrected chi connectivity index (χ1v) is 8.35. The SMILES string of the molecule is Cl.O=C(Nc1ccc2c(c1)CCC2)c1cn(C2CCNCC2)nn1. The largest absolute Gasteiger partial charge is 0.321 e. The average molecular weight is 348 g/mol. The van der Waals surface area contributed by atoms with Crippen LogP contribution in [0.15, 0.2) is 24.4 Å². The molecular weight excluding hydrogens is 326 g/mol. The van der Waals surface area contributed by atoms with E-state index >= 15 is 0 Å². The Hall–Kier alpha value is -1.92. The molecule has 0 radical (unpaired) electrons. The molecular formula is C17H22ClN5O. The molecule has 7 heteroatoms. The van der Waals surface area contributed by atoms with E-state index in [9.17, 15) is 4.79 Å². The lowest BCUT2D eigenvalue weighted by molar-refractivity contribution is 0.102. The number of nitrogens with one attached hydrogen (secondary N) is 2. The lowest BCUT2D eigenvalue weighted by Gasteiger charge is -2.22. The van der Waals surface area contributed by atoms with Crippen LogP contribution >= 0.6 is 12.4 Å². The molecule has 0 unspecified atom stereocenters. The van der Waals surface area contributed by atoms with Crippen LogP contribution in [0.2, 0.25) is 0 Å². The lowest BCUT2D eigenvalue weighted by atomic mass is 10.1. The minimum atomic E-state index is -0.192. The fraction of sp³-hybridized carbons (Fsp3) is 0.471. The molecule has 4 rings (SSSR count). The van der Waals surface area contributed by atoms with Gasteiger partial charge in [-0.3, -0.25) is 4.79 Å². The number of halogens is 1. The number of anilines is 1. The molecule has 1 aliphatic carbocycles. The smallest absolute Gasteiger partial charge is 0.277 e. The van der Waals surface area contributed by atoms with E-state index in [0.717, 1.165) is 44.5 Å². The van der Waals surface area contributed by atoms with Gasteiger partial charge in [0.05, 0.1) is 12.2 Å². The molecule has 1 saturated heterocycles. The number of rotatable bonds is 3. The van der Waals surface area contributed by atoms with Crippen LogP contribution in [-0.2, 0) is 12.8 Å². The third-order valence-corrected chi connectivity index (χ3v) is 4.78. The zero-order chi connectivity index (χ0) is 15.6. The van der Waals surface area contributed by atoms with Crippen LogP contribution in [0, 0.1) is 0 Å². The highest BCUT2D eigenvalue weighted by Crippen LogP contribution is 2.25. The Bertz CT molecular complexity index is 724. The van der Waals surface area contributed by atoms with Crippen molar-refractivity contribution >= 4 is 24.0 Å². The first kappa shape index (κ1) is 16.9. The highest BCUT2D eigenvalue weighted by molar-refractivity contribution is 6.02. The molecule has 2 N–H and O–H groups in total. The Morgan fingerprint density at radius 1 is 1.21 bits per heavy atom. The fourth-order valence-corrected chi connectivity index (χ4v) is 3.48. The van der Waals surface area contributed by atoms with Crippen LogP contribution in [0.4, 0.5) is 5.69 Å². The third-order valence-electron chi connectivity index (χ3n) is 4.78. The number of hydrogen-bond acceptors (Lipinski definition) is 4. The summed E-state index contributed by atoms with van der Waals surface area (Å²) >= 11 is 0. The molecule has 24 heavy (non-hydrogen) atoms. The van der Waals surface area contributed by atoms with E-state index in [2.05, 4.69) is 33.1 Å². The molecule has 1 amide bonds. The normalized spacial score (nSPS) is 17.2. The van der Waals surface area contributed by atoms with Crippen LogP contribution in [-0.4, -0.2) is 34.0 Å². The second-order valence-electron chi connectivity index (χ2n) is 6.36. The van der Waals surface area contributed by atoms with Gasteiger partial charge in [0.2, 0.25) is 0 Å². The quantitative estimate of drug-likeness (QED) is 0.894. The molecule has 6 nitrogen and oxygen atoms in total. The van der Waals surface area contributed by atoms with E-state index in [0.29, 0.717) is 11.7 Å². The van der Waals surface area contributed by atoms with Crippen molar-refractivity contribution in [3.8, 4) is 0 Å². The van der Waals surface area contributed by atoms with E-state index in [-0.39, 0.29) is 18.3 Å². The van der Waals surface area contributed by atoms with Crippen molar-refractivity contribution in [2.75, 3.05) is 18.4 Å². The van der Waals surface area contributed by atoms with Gasteiger partial charge in [-0.15, -0.1) is 17.5 Å². The van der Waals surface area contributed by atoms with Crippen molar-refractivity contribution < 1.29 is 4.79 Å². The monoisotopic (exact) mass is 347 g/mol. The second-order valence-corrected chi connectivity index (χ2v) is 6.36. The summed E-state index contributed by atoms with van der Waals surface area (Å²) in [7, 11) is 0. The topological polar surface area (TPSA) is 71.8 Å². The molecule has 0 atom stereocenters. The van der Waals surface area contributed by atoms with E-state index in [1.807, 2.05) is 10.7 Å². The van der Waals surface area contributed by atoms with Crippen molar-refractivity contribution in [2.45, 2.75) is 38.1 Å². The molecule has 2 heterocycles. The molecule has 1 fully saturated rings. The average Bonchev–Trinajstić information content (AvgIpc) is 3.24. The summed E-state index contributed by atoms with van der Waals surface area (Å²) < 4.78 is 1.83. The van der Waals surface area contributed by atoms with Gasteiger partial charge in [-0.1, -0.05) is 11.3 Å². The van der Waals surface area contributed by atoms with Gasteiger partial charge in [-0.2, -0.15) is 0 Å². The summed E-state index contributed by atoms with van der Waals surface area (Å²) in [5.74, 6) is -0.192. The lowest BCUT2D eigenvalue weighted by Crippen LogP contribution is -2.29. The van der Waals surface area contributed by atoms with Gasteiger partial charge in [-0.05, 0) is 68.5 Å². The number of benzene rings is 1. The van der Waals surface area contributed by atoms with Crippen LogP contribution in [0.25, 0.3) is 0 Å². The first-order chi connectivity index (χ1) is 11.3. The second kappa shape index (κ2) is 7.32. The Balaban J connectivity index is 0.00000169. The number of carbonyl (C=O) groups is 1. The molecule has 128 valence electrons. The summed E-state index contributed by atoms with van der Waals surface area (Å²) in [4.78, 5) is 12.4. The number of hydrogen-bond donors (Lipinski definition) is 2. The summed E-state index contributed by atoms with van der Waals surface area (Å²) in [6.07, 6.45) is 7.26. The van der Waals surface area contributed by atoms with Crippen molar-refractivity contribution in [1.82, 2.24) is 20.3 Å². The highest BCUT2D eigenvalue weighted by atomic mass is 35.5. The maximum Gasteiger partial charge on any atom is 0.277 e. The van der Waals surface area contributed by atoms with Crippen molar-refractivity contribution in [3.63, 3.8) is 0 Å². The number of aromatic nitrogens is 3. The molecule has 0 spiro atoms. The van der Waals surface area contributed by atoms with E-state index in [4.69, 9.17) is 0 Å². The van der Waals surface area contributed by atoms with Gasteiger partial charge < -0.3 is 10.6 Å². The molecule has 2 aliphatic rings. The standard InChI is InChI=1S/C17H21N5O.ClH/c23-17(19-14-5-4-12-2-1-3-13(12)10-14)16-11-22(21-20-16)15-6-8-18-9-7-15;/h4-5,10-11,15,18H,1-3,6-9H2,(H,19,23);1H. The predicted octanol–water partition coefficient (Wildman–Crippen LogP) is 2.37. The Labute approximate surface area is 147 Å². The summed E-state index contributed by atoms with van der Waals surface area (Å²) in [5.41, 5.74) is 3.97. The van der Waals surface area contributed by atoms with Gasteiger partial charge in [0.15, 0.2) is 5.69 Å². The van der Waals surface area contributed by atoms with Gasteiger partial charge in [-0.25, -0.2) is 4.68 Å². The third kappa shape index (κ3) is 3.44. The first-order valence-electron chi connectivity index (χ1n) is 8.35. The molecule has 0 bridgehead atoms. The van der Waals surface area contributed by atoms with E-state index in [1.54, 1.807) is 6.20 Å². The van der Waals surface area contributed by atoms with Crippen LogP contribution in [0.5, 0.6) is 0 Å². The Morgan fingerprint density at radius 3 is 2.83 bits per heavy atom. The highest BCUT2D eigenvalue weighted by Gasteiger charge is 2.19. The summed E-state index contributed by atoms with van der Waals surface area (Å²) in [6.45, 7) is 1.97. The van der Waals surface area contributed by atoms with Gasteiger partial charge >= 0.3 is 0 Å². The molecule has 0 saturated carbocycles. The summed E-state index contributed by atoms with van der Waals surface area (Å²) in [5, 5.41) is 14.4. The predicted molar refractivity (Wildman–Crippen MR) is 94.8 cm³/mol. The van der Waals surface area contributed by atoms with Crippen LogP contribution in [0.3, 0.4) is 0 Å². The Morgan fingerprint density at radius 2 is 2.00 bits per heavy atom. The Kier molecular flexibility index (Phi) is 5.16. The van der Waals surface area contributed by atoms with Gasteiger partial charge in [0.25, 0.3) is 5.91 Å². The van der Waals surface area contributed by atoms with Crippen molar-refractivity contribution in [1.29, 1.82) is 0 Å². The molecule has 1 aromatic carbocycles. The molecule has 1 aliphatic heterocycles. The molecule has 1 aromatic heterocycles. The number of fused-ring (bicyclic) bond motifs is 1. The van der Waals surface area contributed by atoms with Gasteiger partial charge in [0, 0.05) is 5.69 Å².